The highest BCUT2D eigenvalue weighted by molar-refractivity contribution is 5.91. The van der Waals surface area contributed by atoms with Crippen molar-refractivity contribution < 1.29 is 0 Å². The normalized spacial score (nSPS) is 29.1. The first-order valence-electron chi connectivity index (χ1n) is 22.9. The number of benzene rings is 7. The third kappa shape index (κ3) is 4.74. The van der Waals surface area contributed by atoms with E-state index in [0.29, 0.717) is 11.8 Å². The lowest BCUT2D eigenvalue weighted by molar-refractivity contribution is 0.0426. The molecule has 2 spiro atoms. The molecule has 4 fully saturated rings. The van der Waals surface area contributed by atoms with E-state index in [9.17, 15) is 0 Å². The minimum absolute atomic E-state index is 0.0471. The summed E-state index contributed by atoms with van der Waals surface area (Å²) >= 11 is 0. The van der Waals surface area contributed by atoms with Crippen LogP contribution in [0.15, 0.2) is 152 Å². The van der Waals surface area contributed by atoms with Crippen molar-refractivity contribution in [1.82, 2.24) is 0 Å². The van der Waals surface area contributed by atoms with Crippen molar-refractivity contribution in [3.05, 3.63) is 174 Å². The van der Waals surface area contributed by atoms with Crippen LogP contribution in [0.4, 0.5) is 17.1 Å². The van der Waals surface area contributed by atoms with Crippen molar-refractivity contribution in [3.8, 4) is 33.4 Å². The molecule has 0 aromatic heterocycles. The van der Waals surface area contributed by atoms with Gasteiger partial charge in [-0.3, -0.25) is 0 Å². The molecule has 290 valence electrons. The van der Waals surface area contributed by atoms with Crippen LogP contribution in [0.25, 0.3) is 44.2 Å². The van der Waals surface area contributed by atoms with Crippen molar-refractivity contribution in [3.63, 3.8) is 0 Å². The van der Waals surface area contributed by atoms with Crippen LogP contribution in [-0.4, -0.2) is 0 Å². The maximum absolute atomic E-state index is 2.66. The van der Waals surface area contributed by atoms with Gasteiger partial charge in [0.15, 0.2) is 0 Å². The Morgan fingerprint density at radius 3 is 1.83 bits per heavy atom. The summed E-state index contributed by atoms with van der Waals surface area (Å²) in [4.78, 5) is 2.62. The topological polar surface area (TPSA) is 3.24 Å². The van der Waals surface area contributed by atoms with E-state index >= 15 is 0 Å². The average Bonchev–Trinajstić information content (AvgIpc) is 4.03. The second-order valence-electron chi connectivity index (χ2n) is 19.9. The summed E-state index contributed by atoms with van der Waals surface area (Å²) in [5.74, 6) is 4.48. The van der Waals surface area contributed by atoms with E-state index in [1.165, 1.54) is 113 Å². The Kier molecular flexibility index (Phi) is 7.34. The third-order valence-electron chi connectivity index (χ3n) is 17.0. The predicted molar refractivity (Wildman–Crippen MR) is 246 cm³/mol. The summed E-state index contributed by atoms with van der Waals surface area (Å²) in [5.41, 5.74) is 18.7. The van der Waals surface area contributed by atoms with Crippen LogP contribution in [0.2, 0.25) is 0 Å². The van der Waals surface area contributed by atoms with E-state index in [4.69, 9.17) is 0 Å². The Hall–Kier alpha value is -5.40. The zero-order chi connectivity index (χ0) is 39.0. The standard InChI is InChI=1S/C58H53N/c1-36-27-39-29-37(2)58(45(28-36)31-39)54-14-8-6-12-50(54)52-26-24-48(34-56(52)58)59(46-21-18-41(19-22-46)43-17-16-40-9-3-4-10-42(40)32-43)47-23-25-51-49-11-5-7-13-53(49)57(55(51)33-47)35-38-15-20-44(57)30-38/h3-14,16-19,21-26,32-34,36-39,44-45H,15,20,27-31,35H2,1-2H3/t36-,37+,38?,39?,44?,45+,57-,58-/m1/s1. The summed E-state index contributed by atoms with van der Waals surface area (Å²) in [5, 5.41) is 2.57. The maximum Gasteiger partial charge on any atom is 0.0465 e. The van der Waals surface area contributed by atoms with Gasteiger partial charge < -0.3 is 4.90 Å². The molecular weight excluding hydrogens is 711 g/mol. The van der Waals surface area contributed by atoms with Crippen molar-refractivity contribution in [2.45, 2.75) is 76.0 Å². The van der Waals surface area contributed by atoms with Crippen LogP contribution in [0.5, 0.6) is 0 Å². The molecule has 3 unspecified atom stereocenters. The van der Waals surface area contributed by atoms with Gasteiger partial charge in [-0.15, -0.1) is 0 Å². The molecule has 0 N–H and O–H groups in total. The molecule has 0 saturated heterocycles. The lowest BCUT2D eigenvalue weighted by atomic mass is 9.49. The summed E-state index contributed by atoms with van der Waals surface area (Å²) in [6.07, 6.45) is 10.9. The third-order valence-corrected chi connectivity index (χ3v) is 17.0. The van der Waals surface area contributed by atoms with Gasteiger partial charge in [-0.1, -0.05) is 129 Å². The monoisotopic (exact) mass is 763 g/mol. The minimum atomic E-state index is 0.0471. The molecule has 59 heavy (non-hydrogen) atoms. The first-order valence-corrected chi connectivity index (χ1v) is 22.9. The van der Waals surface area contributed by atoms with Crippen LogP contribution >= 0.6 is 0 Å². The second-order valence-corrected chi connectivity index (χ2v) is 19.9. The second kappa shape index (κ2) is 12.6. The first-order chi connectivity index (χ1) is 29.0. The quantitative estimate of drug-likeness (QED) is 0.173. The summed E-state index contributed by atoms with van der Waals surface area (Å²) in [6.45, 7) is 5.13. The zero-order valence-electron chi connectivity index (χ0n) is 34.5. The largest absolute Gasteiger partial charge is 0.310 e. The van der Waals surface area contributed by atoms with E-state index in [-0.39, 0.29) is 10.8 Å². The van der Waals surface area contributed by atoms with Gasteiger partial charge in [0.05, 0.1) is 0 Å². The molecule has 7 aromatic rings. The Bertz CT molecular complexity index is 2820. The fourth-order valence-electron chi connectivity index (χ4n) is 15.0. The highest BCUT2D eigenvalue weighted by Gasteiger charge is 2.58. The molecular formula is C58H53N. The van der Waals surface area contributed by atoms with E-state index in [1.54, 1.807) is 22.3 Å². The zero-order valence-corrected chi connectivity index (χ0v) is 34.5. The lowest BCUT2D eigenvalue weighted by Crippen LogP contribution is -2.49. The summed E-state index contributed by atoms with van der Waals surface area (Å²) in [6, 6.07) is 59.2. The highest BCUT2D eigenvalue weighted by Crippen LogP contribution is 2.67. The van der Waals surface area contributed by atoms with Crippen molar-refractivity contribution in [2.75, 3.05) is 4.90 Å². The van der Waals surface area contributed by atoms with Crippen molar-refractivity contribution in [2.24, 2.45) is 35.5 Å². The van der Waals surface area contributed by atoms with E-state index in [0.717, 1.165) is 23.7 Å². The lowest BCUT2D eigenvalue weighted by Gasteiger charge is -2.54. The fraction of sp³-hybridized carbons (Fsp3) is 0.310. The Morgan fingerprint density at radius 2 is 1.07 bits per heavy atom. The molecule has 8 atom stereocenters. The van der Waals surface area contributed by atoms with Gasteiger partial charge in [-0.2, -0.15) is 0 Å². The fourth-order valence-corrected chi connectivity index (χ4v) is 15.0. The van der Waals surface area contributed by atoms with Crippen LogP contribution in [-0.2, 0) is 10.8 Å². The van der Waals surface area contributed by atoms with Crippen molar-refractivity contribution in [1.29, 1.82) is 0 Å². The Balaban J connectivity index is 0.999. The molecule has 0 amide bonds. The number of anilines is 3. The Labute approximate surface area is 350 Å². The number of fused-ring (bicyclic) bond motifs is 17. The number of hydrogen-bond acceptors (Lipinski definition) is 1. The first kappa shape index (κ1) is 34.5. The molecule has 0 heterocycles. The van der Waals surface area contributed by atoms with Gasteiger partial charge in [0.1, 0.15) is 0 Å². The maximum atomic E-state index is 2.66. The minimum Gasteiger partial charge on any atom is -0.310 e. The number of rotatable bonds is 4. The molecule has 1 nitrogen and oxygen atoms in total. The summed E-state index contributed by atoms with van der Waals surface area (Å²) < 4.78 is 0. The van der Waals surface area contributed by atoms with Crippen molar-refractivity contribution >= 4 is 27.8 Å². The molecule has 4 bridgehead atoms. The molecule has 13 rings (SSSR count). The van der Waals surface area contributed by atoms with Gasteiger partial charge >= 0.3 is 0 Å². The molecule has 0 aliphatic heterocycles. The van der Waals surface area contributed by atoms with E-state index < -0.39 is 0 Å². The van der Waals surface area contributed by atoms with E-state index in [1.807, 2.05) is 0 Å². The van der Waals surface area contributed by atoms with Crippen LogP contribution in [0.3, 0.4) is 0 Å². The SMILES string of the molecule is C[C@@H]1CC2C[C@H](C1)[C@@]1(c3ccccc3-c3ccc(N(c4ccc(-c5ccc6ccccc6c5)cc4)c4ccc5c(c4)[C@@]4(CC6CCC4C6)c4ccccc4-5)cc31)[C@@H](C)C2. The van der Waals surface area contributed by atoms with Crippen LogP contribution < -0.4 is 4.90 Å². The van der Waals surface area contributed by atoms with Gasteiger partial charge in [0, 0.05) is 27.9 Å². The predicted octanol–water partition coefficient (Wildman–Crippen LogP) is 15.4. The highest BCUT2D eigenvalue weighted by atomic mass is 15.1. The number of hydrogen-bond donors (Lipinski definition) is 0. The smallest absolute Gasteiger partial charge is 0.0465 e. The van der Waals surface area contributed by atoms with E-state index in [2.05, 4.69) is 170 Å². The number of nitrogens with zero attached hydrogens (tertiary/aromatic N) is 1. The molecule has 4 saturated carbocycles. The van der Waals surface area contributed by atoms with Gasteiger partial charge in [-0.05, 0) is 189 Å². The molecule has 7 aromatic carbocycles. The molecule has 6 aliphatic carbocycles. The summed E-state index contributed by atoms with van der Waals surface area (Å²) in [7, 11) is 0. The van der Waals surface area contributed by atoms with Gasteiger partial charge in [0.25, 0.3) is 0 Å². The van der Waals surface area contributed by atoms with Gasteiger partial charge in [0.2, 0.25) is 0 Å². The Morgan fingerprint density at radius 1 is 0.441 bits per heavy atom. The molecule has 6 aliphatic rings. The molecule has 1 heteroatoms. The average molecular weight is 764 g/mol. The van der Waals surface area contributed by atoms with Gasteiger partial charge in [-0.25, -0.2) is 0 Å². The van der Waals surface area contributed by atoms with Crippen LogP contribution in [0, 0.1) is 35.5 Å². The van der Waals surface area contributed by atoms with Crippen LogP contribution in [0.1, 0.15) is 87.5 Å². The molecule has 0 radical (unpaired) electrons.